The van der Waals surface area contributed by atoms with Gasteiger partial charge in [0.1, 0.15) is 0 Å². The number of hydrogen-bond donors (Lipinski definition) is 0. The van der Waals surface area contributed by atoms with Crippen LogP contribution >= 0.6 is 31.9 Å². The lowest BCUT2D eigenvalue weighted by molar-refractivity contribution is 0.480. The monoisotopic (exact) mass is 318 g/mol. The van der Waals surface area contributed by atoms with Gasteiger partial charge in [-0.1, -0.05) is 64.3 Å². The Morgan fingerprint density at radius 2 is 2.07 bits per heavy atom. The van der Waals surface area contributed by atoms with Crippen LogP contribution in [0, 0.1) is 5.92 Å². The standard InChI is InChI=1S/C12H16Br2/c1-3-9(2)12(8-13)10-5-4-6-11(14)7-10/h4-7,9,12H,3,8H2,1-2H3. The summed E-state index contributed by atoms with van der Waals surface area (Å²) in [6.07, 6.45) is 1.22. The fourth-order valence-electron chi connectivity index (χ4n) is 1.59. The number of halogens is 2. The average Bonchev–Trinajstić information content (AvgIpc) is 2.19. The van der Waals surface area contributed by atoms with E-state index in [1.54, 1.807) is 0 Å². The number of benzene rings is 1. The van der Waals surface area contributed by atoms with Crippen molar-refractivity contribution in [1.29, 1.82) is 0 Å². The molecule has 0 saturated carbocycles. The first-order chi connectivity index (χ1) is 6.69. The van der Waals surface area contributed by atoms with E-state index < -0.39 is 0 Å². The van der Waals surface area contributed by atoms with Gasteiger partial charge in [0.2, 0.25) is 0 Å². The molecule has 0 aliphatic heterocycles. The molecule has 2 unspecified atom stereocenters. The summed E-state index contributed by atoms with van der Waals surface area (Å²) in [6, 6.07) is 8.61. The molecule has 0 fully saturated rings. The Bertz CT molecular complexity index is 283. The zero-order chi connectivity index (χ0) is 10.6. The van der Waals surface area contributed by atoms with Crippen LogP contribution in [-0.2, 0) is 0 Å². The quantitative estimate of drug-likeness (QED) is 0.687. The molecule has 0 aliphatic rings. The molecule has 0 N–H and O–H groups in total. The summed E-state index contributed by atoms with van der Waals surface area (Å²) < 4.78 is 1.17. The first-order valence-corrected chi connectivity index (χ1v) is 6.92. The molecule has 1 rings (SSSR count). The molecule has 0 aliphatic carbocycles. The van der Waals surface area contributed by atoms with Gasteiger partial charge in [-0.3, -0.25) is 0 Å². The van der Waals surface area contributed by atoms with Crippen molar-refractivity contribution < 1.29 is 0 Å². The van der Waals surface area contributed by atoms with E-state index in [1.165, 1.54) is 16.5 Å². The molecule has 0 bridgehead atoms. The Kier molecular flexibility index (Phi) is 5.18. The van der Waals surface area contributed by atoms with E-state index in [1.807, 2.05) is 0 Å². The number of rotatable bonds is 4. The lowest BCUT2D eigenvalue weighted by Gasteiger charge is -2.21. The van der Waals surface area contributed by atoms with Crippen LogP contribution in [0.2, 0.25) is 0 Å². The molecule has 0 aromatic heterocycles. The largest absolute Gasteiger partial charge is 0.0921 e. The molecule has 1 aromatic carbocycles. The van der Waals surface area contributed by atoms with Crippen LogP contribution in [0.4, 0.5) is 0 Å². The second-order valence-corrected chi connectivity index (χ2v) is 5.26. The predicted octanol–water partition coefficient (Wildman–Crippen LogP) is 4.97. The van der Waals surface area contributed by atoms with E-state index in [0.717, 1.165) is 11.2 Å². The van der Waals surface area contributed by atoms with Gasteiger partial charge < -0.3 is 0 Å². The Balaban J connectivity index is 2.89. The van der Waals surface area contributed by atoms with Crippen LogP contribution < -0.4 is 0 Å². The lowest BCUT2D eigenvalue weighted by atomic mass is 9.87. The van der Waals surface area contributed by atoms with Crippen molar-refractivity contribution in [2.45, 2.75) is 26.2 Å². The minimum atomic E-state index is 0.623. The van der Waals surface area contributed by atoms with Crippen molar-refractivity contribution in [3.8, 4) is 0 Å². The highest BCUT2D eigenvalue weighted by molar-refractivity contribution is 9.10. The second kappa shape index (κ2) is 5.92. The van der Waals surface area contributed by atoms with Crippen LogP contribution in [0.1, 0.15) is 31.7 Å². The van der Waals surface area contributed by atoms with E-state index in [-0.39, 0.29) is 0 Å². The smallest absolute Gasteiger partial charge is 0.0178 e. The number of alkyl halides is 1. The summed E-state index contributed by atoms with van der Waals surface area (Å²) >= 11 is 7.12. The SMILES string of the molecule is CCC(C)C(CBr)c1cccc(Br)c1. The van der Waals surface area contributed by atoms with Crippen LogP contribution in [-0.4, -0.2) is 5.33 Å². The van der Waals surface area contributed by atoms with Crippen LogP contribution in [0.25, 0.3) is 0 Å². The first-order valence-electron chi connectivity index (χ1n) is 5.00. The normalized spacial score (nSPS) is 15.1. The Morgan fingerprint density at radius 3 is 2.57 bits per heavy atom. The zero-order valence-electron chi connectivity index (χ0n) is 8.63. The maximum absolute atomic E-state index is 3.60. The highest BCUT2D eigenvalue weighted by Gasteiger charge is 2.16. The Morgan fingerprint density at radius 1 is 1.36 bits per heavy atom. The molecular formula is C12H16Br2. The molecule has 78 valence electrons. The molecule has 1 aromatic rings. The topological polar surface area (TPSA) is 0 Å². The third-order valence-electron chi connectivity index (χ3n) is 2.77. The summed E-state index contributed by atoms with van der Waals surface area (Å²) in [4.78, 5) is 0. The highest BCUT2D eigenvalue weighted by Crippen LogP contribution is 2.30. The van der Waals surface area contributed by atoms with E-state index >= 15 is 0 Å². The fourth-order valence-corrected chi connectivity index (χ4v) is 3.02. The molecular weight excluding hydrogens is 304 g/mol. The third-order valence-corrected chi connectivity index (χ3v) is 3.96. The van der Waals surface area contributed by atoms with Gasteiger partial charge in [-0.25, -0.2) is 0 Å². The van der Waals surface area contributed by atoms with Gasteiger partial charge in [-0.2, -0.15) is 0 Å². The van der Waals surface area contributed by atoms with Gasteiger partial charge in [0.05, 0.1) is 0 Å². The van der Waals surface area contributed by atoms with Crippen LogP contribution in [0.3, 0.4) is 0 Å². The highest BCUT2D eigenvalue weighted by atomic mass is 79.9. The summed E-state index contributed by atoms with van der Waals surface area (Å²) in [5, 5.41) is 1.04. The summed E-state index contributed by atoms with van der Waals surface area (Å²) in [7, 11) is 0. The molecule has 0 amide bonds. The van der Waals surface area contributed by atoms with E-state index in [4.69, 9.17) is 0 Å². The summed E-state index contributed by atoms with van der Waals surface area (Å²) in [5.41, 5.74) is 1.42. The van der Waals surface area contributed by atoms with Gasteiger partial charge in [-0.05, 0) is 29.5 Å². The van der Waals surface area contributed by atoms with E-state index in [2.05, 4.69) is 70.0 Å². The van der Waals surface area contributed by atoms with Gasteiger partial charge >= 0.3 is 0 Å². The average molecular weight is 320 g/mol. The van der Waals surface area contributed by atoms with Crippen molar-refractivity contribution in [2.75, 3.05) is 5.33 Å². The van der Waals surface area contributed by atoms with Gasteiger partial charge in [0.25, 0.3) is 0 Å². The molecule has 0 saturated heterocycles. The fraction of sp³-hybridized carbons (Fsp3) is 0.500. The predicted molar refractivity (Wildman–Crippen MR) is 70.1 cm³/mol. The summed E-state index contributed by atoms with van der Waals surface area (Å²) in [6.45, 7) is 4.56. The van der Waals surface area contributed by atoms with Crippen LogP contribution in [0.5, 0.6) is 0 Å². The van der Waals surface area contributed by atoms with Crippen molar-refractivity contribution in [1.82, 2.24) is 0 Å². The van der Waals surface area contributed by atoms with Gasteiger partial charge in [0, 0.05) is 9.80 Å². The first kappa shape index (κ1) is 12.3. The Labute approximate surface area is 103 Å². The van der Waals surface area contributed by atoms with Gasteiger partial charge in [-0.15, -0.1) is 0 Å². The molecule has 14 heavy (non-hydrogen) atoms. The van der Waals surface area contributed by atoms with Crippen molar-refractivity contribution in [3.05, 3.63) is 34.3 Å². The maximum Gasteiger partial charge on any atom is 0.0178 e. The summed E-state index contributed by atoms with van der Waals surface area (Å²) in [5.74, 6) is 1.35. The molecule has 0 nitrogen and oxygen atoms in total. The Hall–Kier alpha value is 0.180. The lowest BCUT2D eigenvalue weighted by Crippen LogP contribution is -2.10. The molecule has 0 heterocycles. The van der Waals surface area contributed by atoms with Crippen LogP contribution in [0.15, 0.2) is 28.7 Å². The zero-order valence-corrected chi connectivity index (χ0v) is 11.8. The molecule has 0 spiro atoms. The molecule has 2 atom stereocenters. The van der Waals surface area contributed by atoms with E-state index in [0.29, 0.717) is 5.92 Å². The molecule has 2 heteroatoms. The van der Waals surface area contributed by atoms with Crippen molar-refractivity contribution in [3.63, 3.8) is 0 Å². The van der Waals surface area contributed by atoms with Gasteiger partial charge in [0.15, 0.2) is 0 Å². The maximum atomic E-state index is 3.60. The van der Waals surface area contributed by atoms with E-state index in [9.17, 15) is 0 Å². The minimum Gasteiger partial charge on any atom is -0.0921 e. The van der Waals surface area contributed by atoms with Crippen molar-refractivity contribution >= 4 is 31.9 Å². The second-order valence-electron chi connectivity index (χ2n) is 3.70. The minimum absolute atomic E-state index is 0.623. The van der Waals surface area contributed by atoms with Crippen molar-refractivity contribution in [2.24, 2.45) is 5.92 Å². The molecule has 0 radical (unpaired) electrons. The number of hydrogen-bond acceptors (Lipinski definition) is 0. The third kappa shape index (κ3) is 3.09.